The molecule has 1 rings (SSSR count). The molecule has 14 heavy (non-hydrogen) atoms. The first kappa shape index (κ1) is 10.2. The first-order valence-corrected chi connectivity index (χ1v) is 4.33. The van der Waals surface area contributed by atoms with Crippen LogP contribution in [-0.4, -0.2) is 17.2 Å². The first-order valence-electron chi connectivity index (χ1n) is 4.33. The molecule has 0 aliphatic rings. The zero-order valence-corrected chi connectivity index (χ0v) is 7.90. The average Bonchev–Trinajstić information content (AvgIpc) is 2.21. The minimum absolute atomic E-state index is 0.167. The van der Waals surface area contributed by atoms with E-state index in [4.69, 9.17) is 0 Å². The maximum absolute atomic E-state index is 10.1. The summed E-state index contributed by atoms with van der Waals surface area (Å²) in [7, 11) is 0. The number of phenolic OH excluding ortho intramolecular Hbond substituents is 1. The second-order valence-corrected chi connectivity index (χ2v) is 2.68. The number of amides is 1. The Morgan fingerprint density at radius 2 is 2.29 bits per heavy atom. The van der Waals surface area contributed by atoms with E-state index in [1.54, 1.807) is 24.3 Å². The molecule has 0 aliphatic heterocycles. The molecule has 0 saturated carbocycles. The van der Waals surface area contributed by atoms with Crippen LogP contribution in [0.5, 0.6) is 5.75 Å². The van der Waals surface area contributed by atoms with Gasteiger partial charge in [0.25, 0.3) is 0 Å². The number of para-hydroxylation sites is 1. The van der Waals surface area contributed by atoms with E-state index in [1.165, 1.54) is 0 Å². The van der Waals surface area contributed by atoms with Crippen molar-refractivity contribution in [3.8, 4) is 5.75 Å². The van der Waals surface area contributed by atoms with Crippen molar-refractivity contribution in [1.82, 2.24) is 5.43 Å². The monoisotopic (exact) mass is 192 g/mol. The highest BCUT2D eigenvalue weighted by Gasteiger charge is 2.05. The third-order valence-electron chi connectivity index (χ3n) is 1.80. The Morgan fingerprint density at radius 1 is 1.57 bits per heavy atom. The molecule has 0 heterocycles. The quantitative estimate of drug-likeness (QED) is 0.428. The smallest absolute Gasteiger partial charge is 0.227 e. The van der Waals surface area contributed by atoms with Crippen molar-refractivity contribution in [2.75, 3.05) is 0 Å². The molecule has 0 atom stereocenters. The normalized spacial score (nSPS) is 11.1. The second kappa shape index (κ2) is 5.01. The molecule has 1 amide bonds. The van der Waals surface area contributed by atoms with Gasteiger partial charge in [-0.2, -0.15) is 5.10 Å². The predicted octanol–water partition coefficient (Wildman–Crippen LogP) is 1.25. The third-order valence-corrected chi connectivity index (χ3v) is 1.80. The van der Waals surface area contributed by atoms with Gasteiger partial charge in [-0.3, -0.25) is 4.79 Å². The summed E-state index contributed by atoms with van der Waals surface area (Å²) in [5, 5.41) is 13.3. The van der Waals surface area contributed by atoms with Crippen LogP contribution in [-0.2, 0) is 4.79 Å². The number of rotatable bonds is 4. The number of hydrogen-bond donors (Lipinski definition) is 2. The molecule has 1 aromatic carbocycles. The van der Waals surface area contributed by atoms with Gasteiger partial charge in [0.05, 0.1) is 5.71 Å². The molecular formula is C10H12N2O2. The van der Waals surface area contributed by atoms with Crippen LogP contribution >= 0.6 is 0 Å². The Morgan fingerprint density at radius 3 is 2.86 bits per heavy atom. The topological polar surface area (TPSA) is 61.7 Å². The van der Waals surface area contributed by atoms with E-state index in [1.807, 2.05) is 6.92 Å². The fraction of sp³-hybridized carbons (Fsp3) is 0.200. The summed E-state index contributed by atoms with van der Waals surface area (Å²) < 4.78 is 0. The standard InChI is InChI=1S/C10H12N2O2/c1-2-9(12-11-7-13)8-5-3-4-6-10(8)14/h3-7,14H,2H2,1H3,(H,11,13)/b12-9+. The zero-order chi connectivity index (χ0) is 10.4. The van der Waals surface area contributed by atoms with Gasteiger partial charge in [-0.15, -0.1) is 0 Å². The van der Waals surface area contributed by atoms with Crippen LogP contribution in [0.25, 0.3) is 0 Å². The van der Waals surface area contributed by atoms with Gasteiger partial charge in [-0.05, 0) is 18.6 Å². The van der Waals surface area contributed by atoms with Gasteiger partial charge in [-0.1, -0.05) is 19.1 Å². The second-order valence-electron chi connectivity index (χ2n) is 2.68. The van der Waals surface area contributed by atoms with Crippen molar-refractivity contribution in [3.63, 3.8) is 0 Å². The van der Waals surface area contributed by atoms with E-state index in [0.29, 0.717) is 24.1 Å². The molecular weight excluding hydrogens is 180 g/mol. The number of carbonyl (C=O) groups excluding carboxylic acids is 1. The Hall–Kier alpha value is -1.84. The highest BCUT2D eigenvalue weighted by atomic mass is 16.3. The van der Waals surface area contributed by atoms with Crippen molar-refractivity contribution >= 4 is 12.1 Å². The maximum Gasteiger partial charge on any atom is 0.227 e. The zero-order valence-electron chi connectivity index (χ0n) is 7.90. The number of aromatic hydroxyl groups is 1. The third kappa shape index (κ3) is 2.32. The Kier molecular flexibility index (Phi) is 3.67. The van der Waals surface area contributed by atoms with Crippen LogP contribution < -0.4 is 5.43 Å². The number of benzene rings is 1. The lowest BCUT2D eigenvalue weighted by atomic mass is 10.1. The van der Waals surface area contributed by atoms with Crippen molar-refractivity contribution in [3.05, 3.63) is 29.8 Å². The predicted molar refractivity (Wildman–Crippen MR) is 54.1 cm³/mol. The molecule has 0 aromatic heterocycles. The summed E-state index contributed by atoms with van der Waals surface area (Å²) in [6.07, 6.45) is 1.13. The maximum atomic E-state index is 10.1. The molecule has 74 valence electrons. The molecule has 0 fully saturated rings. The molecule has 2 N–H and O–H groups in total. The van der Waals surface area contributed by atoms with Crippen molar-refractivity contribution in [2.45, 2.75) is 13.3 Å². The van der Waals surface area contributed by atoms with Crippen molar-refractivity contribution in [1.29, 1.82) is 0 Å². The van der Waals surface area contributed by atoms with E-state index in [9.17, 15) is 9.90 Å². The minimum atomic E-state index is 0.167. The van der Waals surface area contributed by atoms with Crippen LogP contribution in [0.4, 0.5) is 0 Å². The van der Waals surface area contributed by atoms with Crippen LogP contribution in [0.15, 0.2) is 29.4 Å². The van der Waals surface area contributed by atoms with Gasteiger partial charge in [0.2, 0.25) is 6.41 Å². The highest BCUT2D eigenvalue weighted by Crippen LogP contribution is 2.17. The lowest BCUT2D eigenvalue weighted by Gasteiger charge is -2.04. The summed E-state index contributed by atoms with van der Waals surface area (Å²) in [6, 6.07) is 6.88. The fourth-order valence-electron chi connectivity index (χ4n) is 1.15. The Labute approximate surface area is 82.3 Å². The minimum Gasteiger partial charge on any atom is -0.507 e. The van der Waals surface area contributed by atoms with E-state index in [2.05, 4.69) is 10.5 Å². The van der Waals surface area contributed by atoms with Gasteiger partial charge < -0.3 is 5.11 Å². The van der Waals surface area contributed by atoms with Crippen molar-refractivity contribution < 1.29 is 9.90 Å². The molecule has 0 unspecified atom stereocenters. The van der Waals surface area contributed by atoms with Gasteiger partial charge in [0.1, 0.15) is 5.75 Å². The van der Waals surface area contributed by atoms with E-state index >= 15 is 0 Å². The van der Waals surface area contributed by atoms with Crippen LogP contribution in [0.1, 0.15) is 18.9 Å². The van der Waals surface area contributed by atoms with Crippen LogP contribution in [0.3, 0.4) is 0 Å². The summed E-state index contributed by atoms with van der Waals surface area (Å²) in [4.78, 5) is 10.1. The molecule has 1 aromatic rings. The summed E-state index contributed by atoms with van der Waals surface area (Å²) in [6.45, 7) is 1.90. The van der Waals surface area contributed by atoms with Crippen molar-refractivity contribution in [2.24, 2.45) is 5.10 Å². The van der Waals surface area contributed by atoms with Crippen LogP contribution in [0, 0.1) is 0 Å². The highest BCUT2D eigenvalue weighted by molar-refractivity contribution is 6.02. The van der Waals surface area contributed by atoms with E-state index < -0.39 is 0 Å². The van der Waals surface area contributed by atoms with Gasteiger partial charge >= 0.3 is 0 Å². The Bertz CT molecular complexity index is 348. The summed E-state index contributed by atoms with van der Waals surface area (Å²) in [5.41, 5.74) is 3.51. The Balaban J connectivity index is 3.00. The van der Waals surface area contributed by atoms with E-state index in [-0.39, 0.29) is 5.75 Å². The molecule has 4 nitrogen and oxygen atoms in total. The number of nitrogens with zero attached hydrogens (tertiary/aromatic N) is 1. The number of hydrogen-bond acceptors (Lipinski definition) is 3. The summed E-state index contributed by atoms with van der Waals surface area (Å²) >= 11 is 0. The van der Waals surface area contributed by atoms with Gasteiger partial charge in [0.15, 0.2) is 0 Å². The molecule has 0 spiro atoms. The number of carbonyl (C=O) groups is 1. The molecule has 0 saturated heterocycles. The van der Waals surface area contributed by atoms with E-state index in [0.717, 1.165) is 0 Å². The fourth-order valence-corrected chi connectivity index (χ4v) is 1.15. The number of phenols is 1. The average molecular weight is 192 g/mol. The molecule has 0 radical (unpaired) electrons. The number of nitrogens with one attached hydrogen (secondary N) is 1. The SMILES string of the molecule is CC/C(=N\NC=O)c1ccccc1O. The lowest BCUT2D eigenvalue weighted by molar-refractivity contribution is -0.109. The molecule has 4 heteroatoms. The van der Waals surface area contributed by atoms with Gasteiger partial charge in [0, 0.05) is 5.56 Å². The lowest BCUT2D eigenvalue weighted by Crippen LogP contribution is -2.08. The summed E-state index contributed by atoms with van der Waals surface area (Å²) in [5.74, 6) is 0.167. The van der Waals surface area contributed by atoms with Crippen LogP contribution in [0.2, 0.25) is 0 Å². The first-order chi connectivity index (χ1) is 6.79. The van der Waals surface area contributed by atoms with Gasteiger partial charge in [-0.25, -0.2) is 5.43 Å². The molecule has 0 bridgehead atoms. The number of hydrazone groups is 1. The molecule has 0 aliphatic carbocycles. The largest absolute Gasteiger partial charge is 0.507 e.